The van der Waals surface area contributed by atoms with Gasteiger partial charge in [-0.1, -0.05) is 35.9 Å². The van der Waals surface area contributed by atoms with Crippen molar-refractivity contribution >= 4 is 21.6 Å². The number of hydrogen-bond donors (Lipinski definition) is 2. The molecule has 7 heteroatoms. The van der Waals surface area contributed by atoms with Gasteiger partial charge >= 0.3 is 0 Å². The maximum Gasteiger partial charge on any atom is 0.240 e. The van der Waals surface area contributed by atoms with Crippen molar-refractivity contribution in [3.8, 4) is 0 Å². The van der Waals surface area contributed by atoms with Crippen molar-refractivity contribution in [3.05, 3.63) is 64.4 Å². The van der Waals surface area contributed by atoms with Gasteiger partial charge in [-0.05, 0) is 42.2 Å². The van der Waals surface area contributed by atoms with Crippen molar-refractivity contribution in [1.29, 1.82) is 0 Å². The normalized spacial score (nSPS) is 20.6. The van der Waals surface area contributed by atoms with Crippen LogP contribution < -0.4 is 4.72 Å². The van der Waals surface area contributed by atoms with Crippen LogP contribution in [0.1, 0.15) is 17.5 Å². The lowest BCUT2D eigenvalue weighted by Gasteiger charge is -2.33. The second-order valence-electron chi connectivity index (χ2n) is 6.07. The number of sulfonamides is 1. The first-order valence-electron chi connectivity index (χ1n) is 7.53. The van der Waals surface area contributed by atoms with Crippen LogP contribution in [0.5, 0.6) is 0 Å². The van der Waals surface area contributed by atoms with Crippen molar-refractivity contribution in [2.45, 2.75) is 29.8 Å². The molecule has 2 aromatic carbocycles. The van der Waals surface area contributed by atoms with Crippen molar-refractivity contribution in [2.75, 3.05) is 6.54 Å². The van der Waals surface area contributed by atoms with Gasteiger partial charge in [-0.2, -0.15) is 0 Å². The van der Waals surface area contributed by atoms with E-state index in [0.29, 0.717) is 19.3 Å². The van der Waals surface area contributed by atoms with Gasteiger partial charge in [-0.15, -0.1) is 0 Å². The molecule has 4 nitrogen and oxygen atoms in total. The van der Waals surface area contributed by atoms with Gasteiger partial charge in [0, 0.05) is 13.0 Å². The molecule has 2 aromatic rings. The quantitative estimate of drug-likeness (QED) is 0.870. The van der Waals surface area contributed by atoms with E-state index in [2.05, 4.69) is 4.72 Å². The number of halogens is 2. The Labute approximate surface area is 145 Å². The van der Waals surface area contributed by atoms with Crippen molar-refractivity contribution in [1.82, 2.24) is 4.72 Å². The van der Waals surface area contributed by atoms with Crippen LogP contribution in [0.4, 0.5) is 4.39 Å². The van der Waals surface area contributed by atoms with Crippen LogP contribution in [0, 0.1) is 5.82 Å². The standard InChI is InChI=1S/C17H17ClFNO3S/c18-15-9-14(5-6-16(15)19)24(22,23)20-11-17(21)8-7-12-3-1-2-4-13(12)10-17/h1-6,9,20-21H,7-8,10-11H2/t17-/m1/s1. The van der Waals surface area contributed by atoms with E-state index in [9.17, 15) is 17.9 Å². The largest absolute Gasteiger partial charge is 0.388 e. The molecule has 1 aliphatic rings. The third-order valence-electron chi connectivity index (χ3n) is 4.29. The molecule has 1 atom stereocenters. The van der Waals surface area contributed by atoms with Gasteiger partial charge in [0.05, 0.1) is 15.5 Å². The smallest absolute Gasteiger partial charge is 0.240 e. The van der Waals surface area contributed by atoms with Crippen LogP contribution in [0.15, 0.2) is 47.4 Å². The summed E-state index contributed by atoms with van der Waals surface area (Å²) in [6, 6.07) is 11.0. The van der Waals surface area contributed by atoms with Gasteiger partial charge in [0.1, 0.15) is 5.82 Å². The fourth-order valence-corrected chi connectivity index (χ4v) is 4.28. The summed E-state index contributed by atoms with van der Waals surface area (Å²) in [6.45, 7) is -0.112. The Balaban J connectivity index is 1.74. The summed E-state index contributed by atoms with van der Waals surface area (Å²) in [5.41, 5.74) is 1.05. The molecule has 128 valence electrons. The first-order chi connectivity index (χ1) is 11.3. The molecule has 0 amide bonds. The highest BCUT2D eigenvalue weighted by atomic mass is 35.5. The summed E-state index contributed by atoms with van der Waals surface area (Å²) < 4.78 is 40.2. The Morgan fingerprint density at radius 2 is 1.92 bits per heavy atom. The zero-order valence-corrected chi connectivity index (χ0v) is 14.4. The SMILES string of the molecule is O=S(=O)(NC[C@@]1(O)CCc2ccccc2C1)c1ccc(F)c(Cl)c1. The molecule has 2 N–H and O–H groups in total. The summed E-state index contributed by atoms with van der Waals surface area (Å²) in [5.74, 6) is -0.682. The van der Waals surface area contributed by atoms with E-state index in [0.717, 1.165) is 23.8 Å². The Hall–Kier alpha value is -1.47. The highest BCUT2D eigenvalue weighted by Crippen LogP contribution is 2.28. The number of aryl methyl sites for hydroxylation is 1. The molecule has 1 aliphatic carbocycles. The zero-order valence-electron chi connectivity index (χ0n) is 12.8. The number of aliphatic hydroxyl groups is 1. The monoisotopic (exact) mass is 369 g/mol. The summed E-state index contributed by atoms with van der Waals surface area (Å²) in [7, 11) is -3.88. The molecule has 3 rings (SSSR count). The average molecular weight is 370 g/mol. The van der Waals surface area contributed by atoms with Crippen LogP contribution in [-0.4, -0.2) is 25.7 Å². The minimum Gasteiger partial charge on any atom is -0.388 e. The fourth-order valence-electron chi connectivity index (χ4n) is 2.89. The Morgan fingerprint density at radius 1 is 1.21 bits per heavy atom. The summed E-state index contributed by atoms with van der Waals surface area (Å²) >= 11 is 5.64. The minimum absolute atomic E-state index is 0.112. The summed E-state index contributed by atoms with van der Waals surface area (Å²) in [4.78, 5) is -0.131. The van der Waals surface area contributed by atoms with Crippen LogP contribution in [-0.2, 0) is 22.9 Å². The molecule has 0 bridgehead atoms. The molecule has 0 saturated heterocycles. The number of nitrogens with one attached hydrogen (secondary N) is 1. The maximum absolute atomic E-state index is 13.2. The second kappa shape index (κ2) is 6.44. The van der Waals surface area contributed by atoms with Crippen LogP contribution in [0.25, 0.3) is 0 Å². The lowest BCUT2D eigenvalue weighted by molar-refractivity contribution is 0.0317. The highest BCUT2D eigenvalue weighted by Gasteiger charge is 2.33. The topological polar surface area (TPSA) is 66.4 Å². The fraction of sp³-hybridized carbons (Fsp3) is 0.294. The number of benzene rings is 2. The molecule has 24 heavy (non-hydrogen) atoms. The summed E-state index contributed by atoms with van der Waals surface area (Å²) in [5, 5.41) is 10.5. The van der Waals surface area contributed by atoms with E-state index in [1.54, 1.807) is 0 Å². The molecule has 0 spiro atoms. The van der Waals surface area contributed by atoms with E-state index >= 15 is 0 Å². The number of fused-ring (bicyclic) bond motifs is 1. The van der Waals surface area contributed by atoms with Gasteiger partial charge < -0.3 is 5.11 Å². The molecule has 0 saturated carbocycles. The van der Waals surface area contributed by atoms with Crippen LogP contribution in [0.3, 0.4) is 0 Å². The Bertz CT molecular complexity index is 872. The first kappa shape index (κ1) is 17.4. The van der Waals surface area contributed by atoms with Gasteiger partial charge in [-0.3, -0.25) is 0 Å². The van der Waals surface area contributed by atoms with Gasteiger partial charge in [0.15, 0.2) is 0 Å². The van der Waals surface area contributed by atoms with Gasteiger partial charge in [0.2, 0.25) is 10.0 Å². The maximum atomic E-state index is 13.2. The van der Waals surface area contributed by atoms with Crippen molar-refractivity contribution < 1.29 is 17.9 Å². The van der Waals surface area contributed by atoms with E-state index in [4.69, 9.17) is 11.6 Å². The van der Waals surface area contributed by atoms with Crippen LogP contribution >= 0.6 is 11.6 Å². The number of hydrogen-bond acceptors (Lipinski definition) is 3. The predicted octanol–water partition coefficient (Wildman–Crippen LogP) is 2.68. The lowest BCUT2D eigenvalue weighted by Crippen LogP contribution is -2.46. The second-order valence-corrected chi connectivity index (χ2v) is 8.24. The molecular formula is C17H17ClFNO3S. The molecular weight excluding hydrogens is 353 g/mol. The highest BCUT2D eigenvalue weighted by molar-refractivity contribution is 7.89. The molecule has 0 radical (unpaired) electrons. The molecule has 0 aliphatic heterocycles. The first-order valence-corrected chi connectivity index (χ1v) is 9.39. The van der Waals surface area contributed by atoms with E-state index < -0.39 is 21.4 Å². The van der Waals surface area contributed by atoms with Gasteiger partial charge in [0.25, 0.3) is 0 Å². The van der Waals surface area contributed by atoms with E-state index in [-0.39, 0.29) is 16.5 Å². The van der Waals surface area contributed by atoms with E-state index in [1.807, 2.05) is 24.3 Å². The van der Waals surface area contributed by atoms with Crippen molar-refractivity contribution in [2.24, 2.45) is 0 Å². The average Bonchev–Trinajstić information content (AvgIpc) is 2.55. The van der Waals surface area contributed by atoms with E-state index in [1.165, 1.54) is 5.56 Å². The molecule has 0 heterocycles. The van der Waals surface area contributed by atoms with Crippen molar-refractivity contribution in [3.63, 3.8) is 0 Å². The predicted molar refractivity (Wildman–Crippen MR) is 90.0 cm³/mol. The van der Waals surface area contributed by atoms with Gasteiger partial charge in [-0.25, -0.2) is 17.5 Å². The van der Waals surface area contributed by atoms with Crippen LogP contribution in [0.2, 0.25) is 5.02 Å². The third-order valence-corrected chi connectivity index (χ3v) is 5.98. The minimum atomic E-state index is -3.88. The molecule has 0 fully saturated rings. The third kappa shape index (κ3) is 3.62. The Kier molecular flexibility index (Phi) is 4.66. The number of rotatable bonds is 4. The zero-order chi connectivity index (χ0) is 17.4. The molecule has 0 aromatic heterocycles. The Morgan fingerprint density at radius 3 is 2.62 bits per heavy atom. The summed E-state index contributed by atoms with van der Waals surface area (Å²) in [6.07, 6.45) is 1.54. The lowest BCUT2D eigenvalue weighted by atomic mass is 9.80. The molecule has 0 unspecified atom stereocenters.